The van der Waals surface area contributed by atoms with Crippen LogP contribution in [0.2, 0.25) is 0 Å². The van der Waals surface area contributed by atoms with Crippen LogP contribution < -0.4 is 9.75 Å². The van der Waals surface area contributed by atoms with Gasteiger partial charge in [-0.2, -0.15) is 14.4 Å². The minimum atomic E-state index is -3.61. The van der Waals surface area contributed by atoms with Crippen LogP contribution in [0.25, 0.3) is 6.08 Å². The van der Waals surface area contributed by atoms with Crippen molar-refractivity contribution in [1.29, 1.82) is 0 Å². The third-order valence-corrected chi connectivity index (χ3v) is 9.52. The number of amides is 1. The van der Waals surface area contributed by atoms with E-state index in [1.807, 2.05) is 30.3 Å². The first kappa shape index (κ1) is 25.1. The van der Waals surface area contributed by atoms with E-state index in [0.717, 1.165) is 5.56 Å². The molecule has 0 spiro atoms. The van der Waals surface area contributed by atoms with Gasteiger partial charge < -0.3 is 4.74 Å². The highest BCUT2D eigenvalue weighted by molar-refractivity contribution is 7.91. The van der Waals surface area contributed by atoms with Gasteiger partial charge in [0.1, 0.15) is 9.96 Å². The highest BCUT2D eigenvalue weighted by atomic mass is 32.2. The molecule has 0 saturated carbocycles. The lowest BCUT2D eigenvalue weighted by Crippen LogP contribution is -2.43. The van der Waals surface area contributed by atoms with Crippen LogP contribution in [-0.4, -0.2) is 43.4 Å². The summed E-state index contributed by atoms with van der Waals surface area (Å²) >= 11 is 1.17. The molecule has 1 unspecified atom stereocenters. The number of hydrogen-bond donors (Lipinski definition) is 0. The average molecular weight is 536 g/mol. The standard InChI is InChI=1S/C27H25N3O5S2/c1-19-24(26(31)30(28-19)22-8-3-2-4-9-22)17-20-11-13-23(14-12-20)35-27(32)21-7-5-15-29(18-21)37(33,34)25-10-6-16-36-25/h2-4,6,8-14,16-17,21H,5,7,15,18H2,1H3. The zero-order valence-electron chi connectivity index (χ0n) is 20.1. The number of hydrogen-bond acceptors (Lipinski definition) is 7. The number of ether oxygens (including phenoxy) is 1. The van der Waals surface area contributed by atoms with Crippen LogP contribution in [0.3, 0.4) is 0 Å². The van der Waals surface area contributed by atoms with Crippen molar-refractivity contribution in [3.63, 3.8) is 0 Å². The molecule has 0 bridgehead atoms. The minimum Gasteiger partial charge on any atom is -0.426 e. The number of anilines is 1. The number of hydrazone groups is 1. The Morgan fingerprint density at radius 1 is 1.08 bits per heavy atom. The topological polar surface area (TPSA) is 96.3 Å². The van der Waals surface area contributed by atoms with Gasteiger partial charge in [-0.25, -0.2) is 8.42 Å². The van der Waals surface area contributed by atoms with E-state index in [-0.39, 0.29) is 16.7 Å². The third kappa shape index (κ3) is 5.27. The number of carbonyl (C=O) groups is 2. The molecule has 190 valence electrons. The Hall–Kier alpha value is -3.60. The van der Waals surface area contributed by atoms with E-state index in [9.17, 15) is 18.0 Å². The van der Waals surface area contributed by atoms with E-state index in [1.165, 1.54) is 20.7 Å². The van der Waals surface area contributed by atoms with Crippen molar-refractivity contribution in [3.8, 4) is 5.75 Å². The highest BCUT2D eigenvalue weighted by Gasteiger charge is 2.35. The summed E-state index contributed by atoms with van der Waals surface area (Å²) < 4.78 is 32.9. The number of thiophene rings is 1. The number of carbonyl (C=O) groups excluding carboxylic acids is 2. The van der Waals surface area contributed by atoms with E-state index in [4.69, 9.17) is 4.74 Å². The first-order chi connectivity index (χ1) is 17.8. The molecule has 2 aromatic carbocycles. The lowest BCUT2D eigenvalue weighted by atomic mass is 10.00. The molecule has 1 amide bonds. The molecular formula is C27H25N3O5S2. The number of nitrogens with zero attached hydrogens (tertiary/aromatic N) is 3. The number of para-hydroxylation sites is 1. The SMILES string of the molecule is CC1=NN(c2ccccc2)C(=O)C1=Cc1ccc(OC(=O)C2CCCN(S(=O)(=O)c3cccs3)C2)cc1. The van der Waals surface area contributed by atoms with Gasteiger partial charge in [-0.05, 0) is 67.1 Å². The highest BCUT2D eigenvalue weighted by Crippen LogP contribution is 2.28. The number of piperidine rings is 1. The summed E-state index contributed by atoms with van der Waals surface area (Å²) in [6.07, 6.45) is 2.91. The molecule has 1 atom stereocenters. The zero-order chi connectivity index (χ0) is 26.0. The fourth-order valence-corrected chi connectivity index (χ4v) is 6.99. The van der Waals surface area contributed by atoms with Crippen molar-refractivity contribution in [2.75, 3.05) is 18.1 Å². The van der Waals surface area contributed by atoms with Crippen molar-refractivity contribution >= 4 is 50.7 Å². The van der Waals surface area contributed by atoms with Crippen LogP contribution in [0.15, 0.2) is 87.0 Å². The second-order valence-corrected chi connectivity index (χ2v) is 11.9. The van der Waals surface area contributed by atoms with Crippen molar-refractivity contribution in [2.24, 2.45) is 11.0 Å². The Morgan fingerprint density at radius 2 is 1.84 bits per heavy atom. The van der Waals surface area contributed by atoms with Gasteiger partial charge in [0, 0.05) is 13.1 Å². The molecule has 37 heavy (non-hydrogen) atoms. The Balaban J connectivity index is 1.24. The predicted molar refractivity (Wildman–Crippen MR) is 143 cm³/mol. The van der Waals surface area contributed by atoms with Gasteiger partial charge in [0.25, 0.3) is 15.9 Å². The number of rotatable bonds is 6. The number of benzene rings is 2. The van der Waals surface area contributed by atoms with Crippen LogP contribution in [0.1, 0.15) is 25.3 Å². The van der Waals surface area contributed by atoms with Gasteiger partial charge in [-0.15, -0.1) is 11.3 Å². The third-order valence-electron chi connectivity index (χ3n) is 6.28. The monoisotopic (exact) mass is 535 g/mol. The van der Waals surface area contributed by atoms with Crippen LogP contribution in [0.5, 0.6) is 5.75 Å². The molecule has 1 aromatic heterocycles. The summed E-state index contributed by atoms with van der Waals surface area (Å²) in [5, 5.41) is 7.48. The second kappa shape index (κ2) is 10.4. The van der Waals surface area contributed by atoms with Gasteiger partial charge in [0.2, 0.25) is 0 Å². The first-order valence-corrected chi connectivity index (χ1v) is 14.2. The average Bonchev–Trinajstić information content (AvgIpc) is 3.56. The molecule has 3 heterocycles. The Labute approximate surface area is 219 Å². The second-order valence-electron chi connectivity index (χ2n) is 8.82. The van der Waals surface area contributed by atoms with Gasteiger partial charge in [0.15, 0.2) is 0 Å². The molecule has 3 aromatic rings. The lowest BCUT2D eigenvalue weighted by molar-refractivity contribution is -0.140. The smallest absolute Gasteiger partial charge is 0.315 e. The van der Waals surface area contributed by atoms with Crippen LogP contribution in [0, 0.1) is 5.92 Å². The molecular weight excluding hydrogens is 510 g/mol. The van der Waals surface area contributed by atoms with Gasteiger partial charge in [0.05, 0.1) is 22.9 Å². The van der Waals surface area contributed by atoms with Crippen molar-refractivity contribution in [3.05, 3.63) is 83.2 Å². The molecule has 0 radical (unpaired) electrons. The molecule has 8 nitrogen and oxygen atoms in total. The quantitative estimate of drug-likeness (QED) is 0.262. The molecule has 2 aliphatic heterocycles. The Bertz CT molecular complexity index is 1460. The molecule has 5 rings (SSSR count). The summed E-state index contributed by atoms with van der Waals surface area (Å²) in [5.41, 5.74) is 2.56. The maximum absolute atomic E-state index is 12.9. The molecule has 1 saturated heterocycles. The van der Waals surface area contributed by atoms with Gasteiger partial charge in [-0.3, -0.25) is 9.59 Å². The fourth-order valence-electron chi connectivity index (χ4n) is 4.32. The Morgan fingerprint density at radius 3 is 2.54 bits per heavy atom. The summed E-state index contributed by atoms with van der Waals surface area (Å²) in [6.45, 7) is 2.27. The van der Waals surface area contributed by atoms with E-state index >= 15 is 0 Å². The first-order valence-electron chi connectivity index (χ1n) is 11.8. The molecule has 10 heteroatoms. The fraction of sp³-hybridized carbons (Fsp3) is 0.222. The van der Waals surface area contributed by atoms with Crippen LogP contribution in [0.4, 0.5) is 5.69 Å². The van der Waals surface area contributed by atoms with Crippen LogP contribution in [-0.2, 0) is 19.6 Å². The van der Waals surface area contributed by atoms with E-state index < -0.39 is 21.9 Å². The van der Waals surface area contributed by atoms with Crippen molar-refractivity contribution < 1.29 is 22.7 Å². The molecule has 1 fully saturated rings. The number of esters is 1. The van der Waals surface area contributed by atoms with Gasteiger partial charge in [-0.1, -0.05) is 36.4 Å². The van der Waals surface area contributed by atoms with Crippen molar-refractivity contribution in [2.45, 2.75) is 24.0 Å². The normalized spacial score (nSPS) is 19.8. The van der Waals surface area contributed by atoms with E-state index in [1.54, 1.807) is 54.8 Å². The molecule has 2 aliphatic rings. The van der Waals surface area contributed by atoms with E-state index in [0.29, 0.717) is 42.1 Å². The largest absolute Gasteiger partial charge is 0.426 e. The molecule has 0 N–H and O–H groups in total. The minimum absolute atomic E-state index is 0.0991. The lowest BCUT2D eigenvalue weighted by Gasteiger charge is -2.30. The summed E-state index contributed by atoms with van der Waals surface area (Å²) in [7, 11) is -3.61. The Kier molecular flexibility index (Phi) is 7.05. The maximum atomic E-state index is 12.9. The summed E-state index contributed by atoms with van der Waals surface area (Å²) in [5.74, 6) is -0.841. The van der Waals surface area contributed by atoms with Crippen LogP contribution >= 0.6 is 11.3 Å². The zero-order valence-corrected chi connectivity index (χ0v) is 21.7. The number of sulfonamides is 1. The van der Waals surface area contributed by atoms with E-state index in [2.05, 4.69) is 5.10 Å². The molecule has 0 aliphatic carbocycles. The van der Waals surface area contributed by atoms with Crippen molar-refractivity contribution in [1.82, 2.24) is 4.31 Å². The maximum Gasteiger partial charge on any atom is 0.315 e. The van der Waals surface area contributed by atoms with Gasteiger partial charge >= 0.3 is 5.97 Å². The summed E-state index contributed by atoms with van der Waals surface area (Å²) in [6, 6.07) is 19.3. The predicted octanol–water partition coefficient (Wildman–Crippen LogP) is 4.56. The summed E-state index contributed by atoms with van der Waals surface area (Å²) in [4.78, 5) is 25.7.